The first-order valence-electron chi connectivity index (χ1n) is 11.2. The van der Waals surface area contributed by atoms with Crippen LogP contribution in [0.25, 0.3) is 16.9 Å². The van der Waals surface area contributed by atoms with Crippen molar-refractivity contribution in [3.05, 3.63) is 95.4 Å². The van der Waals surface area contributed by atoms with Gasteiger partial charge in [0.05, 0.1) is 12.8 Å². The van der Waals surface area contributed by atoms with Crippen LogP contribution in [0.3, 0.4) is 0 Å². The van der Waals surface area contributed by atoms with E-state index in [1.807, 2.05) is 24.3 Å². The molecule has 0 spiro atoms. The molecule has 2 amide bonds. The number of carbonyl (C=O) groups excluding carboxylic acids is 2. The van der Waals surface area contributed by atoms with E-state index in [-0.39, 0.29) is 24.2 Å². The standard InChI is InChI=1S/C27H24ClFN4O3/c1-3-32(26(35)19-4-8-20(28)9-5-19)17-25(34)31-27-30-24(18-6-14-23(36-2)15-7-18)16-33(27)22-12-10-21(29)11-13-22/h4-16H,3,17H2,1-2H3,(H,30,31,34). The van der Waals surface area contributed by atoms with Gasteiger partial charge in [0.2, 0.25) is 11.9 Å². The summed E-state index contributed by atoms with van der Waals surface area (Å²) in [7, 11) is 1.59. The predicted molar refractivity (Wildman–Crippen MR) is 137 cm³/mol. The Hall–Kier alpha value is -4.17. The van der Waals surface area contributed by atoms with E-state index in [4.69, 9.17) is 16.3 Å². The molecule has 0 fully saturated rings. The zero-order chi connectivity index (χ0) is 25.7. The molecule has 4 aromatic rings. The number of benzene rings is 3. The molecule has 9 heteroatoms. The number of amides is 2. The van der Waals surface area contributed by atoms with Gasteiger partial charge in [0, 0.05) is 34.6 Å². The Morgan fingerprint density at radius 3 is 2.31 bits per heavy atom. The van der Waals surface area contributed by atoms with Gasteiger partial charge in [-0.3, -0.25) is 19.5 Å². The number of imidazole rings is 1. The Bertz CT molecular complexity index is 1350. The van der Waals surface area contributed by atoms with Crippen molar-refractivity contribution < 1.29 is 18.7 Å². The van der Waals surface area contributed by atoms with E-state index >= 15 is 0 Å². The largest absolute Gasteiger partial charge is 0.497 e. The molecule has 0 bridgehead atoms. The molecule has 3 aromatic carbocycles. The maximum atomic E-state index is 13.5. The van der Waals surface area contributed by atoms with E-state index in [0.717, 1.165) is 5.56 Å². The Kier molecular flexibility index (Phi) is 7.65. The average molecular weight is 507 g/mol. The molecule has 1 aromatic heterocycles. The molecular weight excluding hydrogens is 483 g/mol. The van der Waals surface area contributed by atoms with Crippen LogP contribution in [0.4, 0.5) is 10.3 Å². The van der Waals surface area contributed by atoms with Gasteiger partial charge >= 0.3 is 0 Å². The molecule has 184 valence electrons. The van der Waals surface area contributed by atoms with Crippen LogP contribution < -0.4 is 10.1 Å². The molecule has 0 aliphatic carbocycles. The number of nitrogens with zero attached hydrogens (tertiary/aromatic N) is 3. The number of anilines is 1. The lowest BCUT2D eigenvalue weighted by molar-refractivity contribution is -0.116. The van der Waals surface area contributed by atoms with Crippen LogP contribution >= 0.6 is 11.6 Å². The van der Waals surface area contributed by atoms with E-state index in [9.17, 15) is 14.0 Å². The lowest BCUT2D eigenvalue weighted by Crippen LogP contribution is -2.38. The van der Waals surface area contributed by atoms with Crippen LogP contribution in [0.2, 0.25) is 5.02 Å². The van der Waals surface area contributed by atoms with Crippen LogP contribution in [0.5, 0.6) is 5.75 Å². The molecule has 0 aliphatic rings. The third kappa shape index (κ3) is 5.72. The molecule has 0 aliphatic heterocycles. The maximum Gasteiger partial charge on any atom is 0.254 e. The van der Waals surface area contributed by atoms with Crippen LogP contribution in [-0.2, 0) is 4.79 Å². The number of carbonyl (C=O) groups is 2. The third-order valence-corrected chi connectivity index (χ3v) is 5.79. The highest BCUT2D eigenvalue weighted by atomic mass is 35.5. The van der Waals surface area contributed by atoms with Crippen molar-refractivity contribution in [1.29, 1.82) is 0 Å². The number of nitrogens with one attached hydrogen (secondary N) is 1. The van der Waals surface area contributed by atoms with E-state index in [2.05, 4.69) is 10.3 Å². The second-order valence-corrected chi connectivity index (χ2v) is 8.34. The SMILES string of the molecule is CCN(CC(=O)Nc1nc(-c2ccc(OC)cc2)cn1-c1ccc(F)cc1)C(=O)c1ccc(Cl)cc1. The zero-order valence-electron chi connectivity index (χ0n) is 19.7. The van der Waals surface area contributed by atoms with E-state index < -0.39 is 5.91 Å². The van der Waals surface area contributed by atoms with Gasteiger partial charge in [-0.05, 0) is 79.7 Å². The topological polar surface area (TPSA) is 76.5 Å². The minimum Gasteiger partial charge on any atom is -0.497 e. The maximum absolute atomic E-state index is 13.5. The van der Waals surface area contributed by atoms with Crippen LogP contribution in [0.1, 0.15) is 17.3 Å². The van der Waals surface area contributed by atoms with Crippen molar-refractivity contribution in [1.82, 2.24) is 14.5 Å². The van der Waals surface area contributed by atoms with Crippen LogP contribution in [-0.4, -0.2) is 46.5 Å². The number of hydrogen-bond acceptors (Lipinski definition) is 4. The van der Waals surface area contributed by atoms with Gasteiger partial charge in [0.15, 0.2) is 0 Å². The quantitative estimate of drug-likeness (QED) is 0.345. The van der Waals surface area contributed by atoms with Gasteiger partial charge in [-0.1, -0.05) is 11.6 Å². The molecule has 36 heavy (non-hydrogen) atoms. The molecule has 7 nitrogen and oxygen atoms in total. The fourth-order valence-corrected chi connectivity index (χ4v) is 3.73. The first kappa shape index (κ1) is 24.9. The molecule has 0 radical (unpaired) electrons. The normalized spacial score (nSPS) is 10.7. The second kappa shape index (κ2) is 11.0. The number of halogens is 2. The lowest BCUT2D eigenvalue weighted by Gasteiger charge is -2.20. The van der Waals surface area contributed by atoms with Gasteiger partial charge in [-0.2, -0.15) is 0 Å². The third-order valence-electron chi connectivity index (χ3n) is 5.54. The van der Waals surface area contributed by atoms with E-state index in [1.165, 1.54) is 17.0 Å². The number of aromatic nitrogens is 2. The number of ether oxygens (including phenoxy) is 1. The first-order valence-corrected chi connectivity index (χ1v) is 11.6. The van der Waals surface area contributed by atoms with Crippen molar-refractivity contribution in [2.75, 3.05) is 25.5 Å². The molecular formula is C27H24ClFN4O3. The Labute approximate surface area is 213 Å². The molecule has 0 atom stereocenters. The molecule has 1 heterocycles. The number of methoxy groups -OCH3 is 1. The fourth-order valence-electron chi connectivity index (χ4n) is 3.61. The van der Waals surface area contributed by atoms with Crippen molar-refractivity contribution >= 4 is 29.4 Å². The minimum atomic E-state index is -0.422. The molecule has 0 saturated heterocycles. The molecule has 0 saturated carbocycles. The Morgan fingerprint density at radius 2 is 1.69 bits per heavy atom. The molecule has 0 unspecified atom stereocenters. The van der Waals surface area contributed by atoms with Crippen molar-refractivity contribution in [2.45, 2.75) is 6.92 Å². The van der Waals surface area contributed by atoms with Crippen LogP contribution in [0.15, 0.2) is 79.0 Å². The summed E-state index contributed by atoms with van der Waals surface area (Å²) in [4.78, 5) is 31.9. The Balaban J connectivity index is 1.59. The zero-order valence-corrected chi connectivity index (χ0v) is 20.5. The highest BCUT2D eigenvalue weighted by Crippen LogP contribution is 2.26. The highest BCUT2D eigenvalue weighted by molar-refractivity contribution is 6.30. The summed E-state index contributed by atoms with van der Waals surface area (Å²) in [6.07, 6.45) is 1.75. The summed E-state index contributed by atoms with van der Waals surface area (Å²) in [5.74, 6) is -0.138. The number of likely N-dealkylation sites (N-methyl/N-ethyl adjacent to an activating group) is 1. The number of rotatable bonds is 8. The second-order valence-electron chi connectivity index (χ2n) is 7.90. The van der Waals surface area contributed by atoms with Gasteiger partial charge in [0.25, 0.3) is 5.91 Å². The fraction of sp³-hybridized carbons (Fsp3) is 0.148. The monoisotopic (exact) mass is 506 g/mol. The summed E-state index contributed by atoms with van der Waals surface area (Å²) in [6.45, 7) is 1.95. The van der Waals surface area contributed by atoms with E-state index in [0.29, 0.717) is 34.3 Å². The molecule has 4 rings (SSSR count). The van der Waals surface area contributed by atoms with Crippen molar-refractivity contribution in [3.63, 3.8) is 0 Å². The van der Waals surface area contributed by atoms with Crippen LogP contribution in [0, 0.1) is 5.82 Å². The average Bonchev–Trinajstić information content (AvgIpc) is 3.31. The van der Waals surface area contributed by atoms with Gasteiger partial charge in [0.1, 0.15) is 18.1 Å². The van der Waals surface area contributed by atoms with Crippen molar-refractivity contribution in [3.8, 4) is 22.7 Å². The van der Waals surface area contributed by atoms with Gasteiger partial charge in [-0.15, -0.1) is 0 Å². The number of hydrogen-bond donors (Lipinski definition) is 1. The predicted octanol–water partition coefficient (Wildman–Crippen LogP) is 5.44. The van der Waals surface area contributed by atoms with Gasteiger partial charge < -0.3 is 9.64 Å². The summed E-state index contributed by atoms with van der Waals surface area (Å²) in [5, 5.41) is 3.32. The van der Waals surface area contributed by atoms with E-state index in [1.54, 1.807) is 61.2 Å². The summed E-state index contributed by atoms with van der Waals surface area (Å²) in [6, 6.07) is 19.7. The molecule has 1 N–H and O–H groups in total. The highest BCUT2D eigenvalue weighted by Gasteiger charge is 2.20. The summed E-state index contributed by atoms with van der Waals surface area (Å²) >= 11 is 5.91. The minimum absolute atomic E-state index is 0.174. The lowest BCUT2D eigenvalue weighted by atomic mass is 10.1. The summed E-state index contributed by atoms with van der Waals surface area (Å²) in [5.41, 5.74) is 2.45. The van der Waals surface area contributed by atoms with Crippen molar-refractivity contribution in [2.24, 2.45) is 0 Å². The first-order chi connectivity index (χ1) is 17.4. The van der Waals surface area contributed by atoms with Gasteiger partial charge in [-0.25, -0.2) is 9.37 Å². The smallest absolute Gasteiger partial charge is 0.254 e. The summed E-state index contributed by atoms with van der Waals surface area (Å²) < 4.78 is 20.4. The Morgan fingerprint density at radius 1 is 1.03 bits per heavy atom.